The Morgan fingerprint density at radius 2 is 2.15 bits per heavy atom. The van der Waals surface area contributed by atoms with Crippen molar-refractivity contribution in [3.63, 3.8) is 0 Å². The molecule has 142 valence electrons. The molecule has 0 aliphatic heterocycles. The topological polar surface area (TPSA) is 76.4 Å². The Morgan fingerprint density at radius 1 is 1.37 bits per heavy atom. The Kier molecular flexibility index (Phi) is 6.51. The van der Waals surface area contributed by atoms with Crippen LogP contribution in [0, 0.1) is 5.92 Å². The predicted molar refractivity (Wildman–Crippen MR) is 112 cm³/mol. The smallest absolute Gasteiger partial charge is 0.275 e. The molecule has 0 bridgehead atoms. The lowest BCUT2D eigenvalue weighted by atomic mass is 10.1. The number of benzene rings is 1. The van der Waals surface area contributed by atoms with E-state index in [-0.39, 0.29) is 17.2 Å². The van der Waals surface area contributed by atoms with Gasteiger partial charge in [0.1, 0.15) is 5.01 Å². The highest BCUT2D eigenvalue weighted by molar-refractivity contribution is 7.99. The summed E-state index contributed by atoms with van der Waals surface area (Å²) in [5, 5.41) is 8.51. The third kappa shape index (κ3) is 5.31. The first-order valence-corrected chi connectivity index (χ1v) is 10.8. The molecule has 1 N–H and O–H groups in total. The maximum Gasteiger partial charge on any atom is 0.275 e. The number of hydrogen-bond donors (Lipinski definition) is 1. The van der Waals surface area contributed by atoms with Crippen LogP contribution in [0.3, 0.4) is 0 Å². The molecule has 2 heterocycles. The van der Waals surface area contributed by atoms with Crippen molar-refractivity contribution in [2.24, 2.45) is 5.92 Å². The number of anilines is 1. The molecule has 0 unspecified atom stereocenters. The van der Waals surface area contributed by atoms with Gasteiger partial charge in [-0.05, 0) is 18.1 Å². The number of rotatable bonds is 7. The van der Waals surface area contributed by atoms with Crippen molar-refractivity contribution in [1.29, 1.82) is 0 Å². The number of nitrogens with zero attached hydrogens (tertiary/aromatic N) is 3. The van der Waals surface area contributed by atoms with E-state index in [9.17, 15) is 9.59 Å². The van der Waals surface area contributed by atoms with Gasteiger partial charge in [0.25, 0.3) is 5.56 Å². The lowest BCUT2D eigenvalue weighted by Crippen LogP contribution is -2.16. The summed E-state index contributed by atoms with van der Waals surface area (Å²) in [7, 11) is 0. The van der Waals surface area contributed by atoms with Crippen LogP contribution in [-0.2, 0) is 17.0 Å². The number of fused-ring (bicyclic) bond motifs is 1. The highest BCUT2D eigenvalue weighted by Crippen LogP contribution is 2.21. The molecule has 27 heavy (non-hydrogen) atoms. The van der Waals surface area contributed by atoms with E-state index in [1.807, 2.05) is 6.07 Å². The Balaban J connectivity index is 1.60. The van der Waals surface area contributed by atoms with Gasteiger partial charge in [0.15, 0.2) is 0 Å². The van der Waals surface area contributed by atoms with E-state index in [2.05, 4.69) is 29.2 Å². The van der Waals surface area contributed by atoms with Gasteiger partial charge < -0.3 is 5.32 Å². The van der Waals surface area contributed by atoms with E-state index in [0.29, 0.717) is 33.0 Å². The van der Waals surface area contributed by atoms with Crippen LogP contribution < -0.4 is 10.9 Å². The van der Waals surface area contributed by atoms with Crippen LogP contribution in [0.25, 0.3) is 4.96 Å². The molecule has 0 spiro atoms. The monoisotopic (exact) mass is 422 g/mol. The van der Waals surface area contributed by atoms with E-state index >= 15 is 0 Å². The molecule has 2 aromatic heterocycles. The molecule has 0 aliphatic carbocycles. The van der Waals surface area contributed by atoms with Crippen LogP contribution >= 0.6 is 34.7 Å². The minimum atomic E-state index is -0.192. The summed E-state index contributed by atoms with van der Waals surface area (Å²) in [5.74, 6) is 1.03. The second-order valence-electron chi connectivity index (χ2n) is 6.39. The number of thioether (sulfide) groups is 1. The fourth-order valence-electron chi connectivity index (χ4n) is 2.40. The summed E-state index contributed by atoms with van der Waals surface area (Å²) in [6.45, 7) is 4.22. The van der Waals surface area contributed by atoms with E-state index in [1.165, 1.54) is 33.7 Å². The first kappa shape index (κ1) is 19.9. The van der Waals surface area contributed by atoms with Gasteiger partial charge in [-0.15, -0.1) is 11.8 Å². The van der Waals surface area contributed by atoms with Crippen molar-refractivity contribution in [2.75, 3.05) is 11.1 Å². The minimum Gasteiger partial charge on any atom is -0.324 e. The molecule has 0 atom stereocenters. The molecular formula is C18H19ClN4O2S2. The van der Waals surface area contributed by atoms with Gasteiger partial charge in [-0.25, -0.2) is 4.98 Å². The molecule has 6 nitrogen and oxygen atoms in total. The van der Waals surface area contributed by atoms with Gasteiger partial charge >= 0.3 is 0 Å². The fourth-order valence-corrected chi connectivity index (χ4v) is 4.43. The highest BCUT2D eigenvalue weighted by atomic mass is 35.5. The van der Waals surface area contributed by atoms with Crippen LogP contribution in [0.15, 0.2) is 35.1 Å². The molecule has 3 aromatic rings. The molecule has 0 saturated carbocycles. The van der Waals surface area contributed by atoms with Crippen LogP contribution in [0.2, 0.25) is 5.02 Å². The largest absolute Gasteiger partial charge is 0.324 e. The van der Waals surface area contributed by atoms with Crippen molar-refractivity contribution < 1.29 is 4.79 Å². The third-order valence-electron chi connectivity index (χ3n) is 3.55. The standard InChI is InChI=1S/C18H19ClN4O2S2/c1-11(2)7-16-22-23-17(25)8-12(20-18(23)27-16)9-26-10-15(24)21-14-6-4-3-5-13(14)19/h3-6,8,11H,7,9-10H2,1-2H3,(H,21,24). The zero-order valence-corrected chi connectivity index (χ0v) is 17.3. The van der Waals surface area contributed by atoms with E-state index in [0.717, 1.165) is 11.4 Å². The van der Waals surface area contributed by atoms with Crippen molar-refractivity contribution >= 4 is 51.3 Å². The second-order valence-corrected chi connectivity index (χ2v) is 8.83. The number of aromatic nitrogens is 3. The summed E-state index contributed by atoms with van der Waals surface area (Å²) in [6.07, 6.45) is 0.819. The summed E-state index contributed by atoms with van der Waals surface area (Å²) in [5.41, 5.74) is 1.04. The number of hydrogen-bond acceptors (Lipinski definition) is 6. The molecule has 0 radical (unpaired) electrons. The summed E-state index contributed by atoms with van der Waals surface area (Å²) < 4.78 is 1.35. The number of amides is 1. The van der Waals surface area contributed by atoms with Crippen molar-refractivity contribution in [2.45, 2.75) is 26.0 Å². The average Bonchev–Trinajstić information content (AvgIpc) is 2.99. The number of para-hydroxylation sites is 1. The molecule has 0 saturated heterocycles. The molecule has 9 heteroatoms. The third-order valence-corrected chi connectivity index (χ3v) is 5.78. The molecule has 0 fully saturated rings. The maximum atomic E-state index is 12.2. The number of nitrogens with one attached hydrogen (secondary N) is 1. The predicted octanol–water partition coefficient (Wildman–Crippen LogP) is 3.87. The zero-order valence-electron chi connectivity index (χ0n) is 14.9. The van der Waals surface area contributed by atoms with Gasteiger partial charge in [0.05, 0.1) is 22.2 Å². The first-order valence-electron chi connectivity index (χ1n) is 8.43. The zero-order chi connectivity index (χ0) is 19.4. The quantitative estimate of drug-likeness (QED) is 0.625. The van der Waals surface area contributed by atoms with E-state index in [4.69, 9.17) is 11.6 Å². The SMILES string of the molecule is CC(C)Cc1nn2c(=O)cc(CSCC(=O)Nc3ccccc3Cl)nc2s1. The number of carbonyl (C=O) groups excluding carboxylic acids is 1. The molecule has 1 amide bonds. The molecule has 0 aliphatic rings. The molecule has 3 rings (SSSR count). The van der Waals surface area contributed by atoms with Gasteiger partial charge in [-0.1, -0.05) is 48.9 Å². The summed E-state index contributed by atoms with van der Waals surface area (Å²) in [4.78, 5) is 29.4. The van der Waals surface area contributed by atoms with E-state index < -0.39 is 0 Å². The number of carbonyl (C=O) groups is 1. The van der Waals surface area contributed by atoms with Crippen LogP contribution in [0.5, 0.6) is 0 Å². The lowest BCUT2D eigenvalue weighted by molar-refractivity contribution is -0.113. The van der Waals surface area contributed by atoms with Crippen LogP contribution in [-0.4, -0.2) is 26.3 Å². The van der Waals surface area contributed by atoms with Gasteiger partial charge in [0, 0.05) is 18.2 Å². The van der Waals surface area contributed by atoms with Gasteiger partial charge in [-0.3, -0.25) is 9.59 Å². The Bertz CT molecular complexity index is 1020. The van der Waals surface area contributed by atoms with Gasteiger partial charge in [-0.2, -0.15) is 9.61 Å². The summed E-state index contributed by atoms with van der Waals surface area (Å²) in [6, 6.07) is 8.56. The highest BCUT2D eigenvalue weighted by Gasteiger charge is 2.11. The maximum absolute atomic E-state index is 12.2. The Hall–Kier alpha value is -1.90. The Morgan fingerprint density at radius 3 is 2.89 bits per heavy atom. The summed E-state index contributed by atoms with van der Waals surface area (Å²) >= 11 is 8.86. The lowest BCUT2D eigenvalue weighted by Gasteiger charge is -2.06. The van der Waals surface area contributed by atoms with Crippen molar-refractivity contribution in [3.8, 4) is 0 Å². The molecular weight excluding hydrogens is 404 g/mol. The Labute approximate surface area is 170 Å². The van der Waals surface area contributed by atoms with Crippen molar-refractivity contribution in [3.05, 3.63) is 56.4 Å². The van der Waals surface area contributed by atoms with Gasteiger partial charge in [0.2, 0.25) is 10.9 Å². The van der Waals surface area contributed by atoms with Crippen molar-refractivity contribution in [1.82, 2.24) is 14.6 Å². The van der Waals surface area contributed by atoms with Crippen LogP contribution in [0.4, 0.5) is 5.69 Å². The first-order chi connectivity index (χ1) is 12.9. The molecule has 1 aromatic carbocycles. The van der Waals surface area contributed by atoms with Crippen LogP contribution in [0.1, 0.15) is 24.5 Å². The second kappa shape index (κ2) is 8.86. The normalized spacial score (nSPS) is 11.3. The average molecular weight is 423 g/mol. The minimum absolute atomic E-state index is 0.150. The van der Waals surface area contributed by atoms with E-state index in [1.54, 1.807) is 18.2 Å². The fraction of sp³-hybridized carbons (Fsp3) is 0.333. The number of halogens is 1.